The molecule has 0 bridgehead atoms. The highest BCUT2D eigenvalue weighted by Crippen LogP contribution is 2.44. The van der Waals surface area contributed by atoms with Crippen LogP contribution in [0, 0.1) is 5.92 Å². The molecule has 2 aromatic carbocycles. The Morgan fingerprint density at radius 1 is 1.00 bits per heavy atom. The maximum Gasteiger partial charge on any atom is 0.317 e. The molecular formula is C23H24O5. The topological polar surface area (TPSA) is 61.8 Å². The Labute approximate surface area is 164 Å². The predicted octanol–water partition coefficient (Wildman–Crippen LogP) is 4.02. The van der Waals surface area contributed by atoms with Gasteiger partial charge >= 0.3 is 5.97 Å². The molecule has 0 amide bonds. The van der Waals surface area contributed by atoms with Crippen LogP contribution in [0.3, 0.4) is 0 Å². The van der Waals surface area contributed by atoms with Crippen LogP contribution in [-0.4, -0.2) is 32.6 Å². The molecule has 0 saturated carbocycles. The van der Waals surface area contributed by atoms with Gasteiger partial charge in [0.1, 0.15) is 17.4 Å². The fourth-order valence-corrected chi connectivity index (χ4v) is 3.75. The Balaban J connectivity index is 2.10. The van der Waals surface area contributed by atoms with Crippen LogP contribution in [0.2, 0.25) is 0 Å². The summed E-state index contributed by atoms with van der Waals surface area (Å²) in [6.45, 7) is 1.96. The molecule has 1 aliphatic carbocycles. The van der Waals surface area contributed by atoms with Crippen molar-refractivity contribution in [2.75, 3.05) is 20.8 Å². The number of para-hydroxylation sites is 2. The van der Waals surface area contributed by atoms with Crippen molar-refractivity contribution in [2.24, 2.45) is 5.92 Å². The fraction of sp³-hybridized carbons (Fsp3) is 0.304. The molecular weight excluding hydrogens is 356 g/mol. The van der Waals surface area contributed by atoms with Crippen LogP contribution in [-0.2, 0) is 14.3 Å². The molecule has 5 heteroatoms. The van der Waals surface area contributed by atoms with Gasteiger partial charge in [-0.1, -0.05) is 36.4 Å². The van der Waals surface area contributed by atoms with E-state index in [4.69, 9.17) is 14.2 Å². The van der Waals surface area contributed by atoms with Crippen LogP contribution in [0.4, 0.5) is 0 Å². The van der Waals surface area contributed by atoms with E-state index in [1.165, 1.54) is 0 Å². The van der Waals surface area contributed by atoms with E-state index in [9.17, 15) is 9.59 Å². The summed E-state index contributed by atoms with van der Waals surface area (Å²) < 4.78 is 16.2. The summed E-state index contributed by atoms with van der Waals surface area (Å²) in [5.41, 5.74) is 2.50. The van der Waals surface area contributed by atoms with Gasteiger partial charge in [-0.05, 0) is 42.7 Å². The van der Waals surface area contributed by atoms with Gasteiger partial charge in [0.15, 0.2) is 5.78 Å². The largest absolute Gasteiger partial charge is 0.496 e. The number of rotatable bonds is 6. The number of esters is 1. The average Bonchev–Trinajstić information content (AvgIpc) is 2.73. The van der Waals surface area contributed by atoms with Gasteiger partial charge in [-0.15, -0.1) is 0 Å². The number of methoxy groups -OCH3 is 2. The van der Waals surface area contributed by atoms with Gasteiger partial charge in [0.2, 0.25) is 0 Å². The zero-order chi connectivity index (χ0) is 20.1. The van der Waals surface area contributed by atoms with Crippen LogP contribution in [0.1, 0.15) is 30.4 Å². The number of hydrogen-bond donors (Lipinski definition) is 0. The maximum absolute atomic E-state index is 13.0. The van der Waals surface area contributed by atoms with Crippen LogP contribution >= 0.6 is 0 Å². The Morgan fingerprint density at radius 3 is 2.32 bits per heavy atom. The van der Waals surface area contributed by atoms with Gasteiger partial charge in [-0.3, -0.25) is 9.59 Å². The quantitative estimate of drug-likeness (QED) is 0.559. The normalized spacial score (nSPS) is 19.0. The lowest BCUT2D eigenvalue weighted by Crippen LogP contribution is -2.34. The summed E-state index contributed by atoms with van der Waals surface area (Å²) in [7, 11) is 3.18. The number of ether oxygens (including phenoxy) is 3. The lowest BCUT2D eigenvalue weighted by molar-refractivity contribution is -0.151. The molecule has 3 rings (SSSR count). The second-order valence-electron chi connectivity index (χ2n) is 6.55. The Morgan fingerprint density at radius 2 is 1.64 bits per heavy atom. The smallest absolute Gasteiger partial charge is 0.317 e. The first-order valence-electron chi connectivity index (χ1n) is 9.28. The highest BCUT2D eigenvalue weighted by Gasteiger charge is 2.41. The molecule has 1 aliphatic rings. The van der Waals surface area contributed by atoms with E-state index in [1.54, 1.807) is 27.2 Å². The van der Waals surface area contributed by atoms with Gasteiger partial charge in [0.05, 0.1) is 20.8 Å². The van der Waals surface area contributed by atoms with Gasteiger partial charge < -0.3 is 14.2 Å². The van der Waals surface area contributed by atoms with Gasteiger partial charge in [0.25, 0.3) is 0 Å². The minimum atomic E-state index is -0.894. The minimum absolute atomic E-state index is 0.227. The van der Waals surface area contributed by atoms with Gasteiger partial charge in [0, 0.05) is 11.5 Å². The summed E-state index contributed by atoms with van der Waals surface area (Å²) in [5, 5.41) is 0. The van der Waals surface area contributed by atoms with Crippen LogP contribution in [0.25, 0.3) is 5.57 Å². The molecule has 0 spiro atoms. The fourth-order valence-electron chi connectivity index (χ4n) is 3.75. The number of hydrogen-bond acceptors (Lipinski definition) is 5. The van der Waals surface area contributed by atoms with E-state index in [1.807, 2.05) is 48.5 Å². The van der Waals surface area contributed by atoms with Crippen molar-refractivity contribution in [2.45, 2.75) is 19.3 Å². The zero-order valence-electron chi connectivity index (χ0n) is 16.3. The molecule has 0 unspecified atom stereocenters. The lowest BCUT2D eigenvalue weighted by atomic mass is 9.73. The summed E-state index contributed by atoms with van der Waals surface area (Å²) in [6.07, 6.45) is 2.04. The number of carbonyl (C=O) groups is 2. The summed E-state index contributed by atoms with van der Waals surface area (Å²) in [4.78, 5) is 25.6. The molecule has 0 fully saturated rings. The predicted molar refractivity (Wildman–Crippen MR) is 106 cm³/mol. The Hall–Kier alpha value is -3.08. The maximum atomic E-state index is 13.0. The van der Waals surface area contributed by atoms with Crippen LogP contribution in [0.5, 0.6) is 11.5 Å². The summed E-state index contributed by atoms with van der Waals surface area (Å²) in [6, 6.07) is 15.0. The second-order valence-corrected chi connectivity index (χ2v) is 6.55. The van der Waals surface area contributed by atoms with Crippen molar-refractivity contribution in [1.29, 1.82) is 0 Å². The SMILES string of the molecule is CCOC(=O)[C@H]1C(=O)C=C(c2ccccc2OC)C[C@H]1c1ccccc1OC. The van der Waals surface area contributed by atoms with E-state index in [0.717, 1.165) is 16.7 Å². The van der Waals surface area contributed by atoms with Crippen molar-refractivity contribution < 1.29 is 23.8 Å². The number of benzene rings is 2. The average molecular weight is 380 g/mol. The first-order chi connectivity index (χ1) is 13.6. The van der Waals surface area contributed by atoms with Gasteiger partial charge in [-0.25, -0.2) is 0 Å². The van der Waals surface area contributed by atoms with Crippen molar-refractivity contribution in [3.05, 3.63) is 65.7 Å². The van der Waals surface area contributed by atoms with E-state index in [-0.39, 0.29) is 18.3 Å². The molecule has 28 heavy (non-hydrogen) atoms. The molecule has 0 saturated heterocycles. The van der Waals surface area contributed by atoms with Crippen LogP contribution in [0.15, 0.2) is 54.6 Å². The van der Waals surface area contributed by atoms with Gasteiger partial charge in [-0.2, -0.15) is 0 Å². The number of carbonyl (C=O) groups excluding carboxylic acids is 2. The molecule has 146 valence electrons. The van der Waals surface area contributed by atoms with Crippen molar-refractivity contribution in [1.82, 2.24) is 0 Å². The summed E-state index contributed by atoms with van der Waals surface area (Å²) in [5.74, 6) is -0.701. The molecule has 2 atom stereocenters. The first-order valence-corrected chi connectivity index (χ1v) is 9.28. The molecule has 0 aliphatic heterocycles. The van der Waals surface area contributed by atoms with E-state index < -0.39 is 11.9 Å². The van der Waals surface area contributed by atoms with E-state index in [2.05, 4.69) is 0 Å². The summed E-state index contributed by atoms with van der Waals surface area (Å²) >= 11 is 0. The highest BCUT2D eigenvalue weighted by molar-refractivity contribution is 6.11. The Bertz CT molecular complexity index is 899. The molecule has 0 radical (unpaired) electrons. The number of ketones is 1. The van der Waals surface area contributed by atoms with Crippen molar-refractivity contribution in [3.63, 3.8) is 0 Å². The second kappa shape index (κ2) is 8.74. The van der Waals surface area contributed by atoms with Crippen molar-refractivity contribution in [3.8, 4) is 11.5 Å². The van der Waals surface area contributed by atoms with E-state index in [0.29, 0.717) is 17.9 Å². The third kappa shape index (κ3) is 3.79. The first kappa shape index (κ1) is 19.7. The molecule has 2 aromatic rings. The third-order valence-corrected chi connectivity index (χ3v) is 5.00. The third-order valence-electron chi connectivity index (χ3n) is 5.00. The zero-order valence-corrected chi connectivity index (χ0v) is 16.3. The monoisotopic (exact) mass is 380 g/mol. The Kier molecular flexibility index (Phi) is 6.14. The molecule has 0 aromatic heterocycles. The van der Waals surface area contributed by atoms with Crippen molar-refractivity contribution >= 4 is 17.3 Å². The van der Waals surface area contributed by atoms with E-state index >= 15 is 0 Å². The standard InChI is InChI=1S/C23H24O5/c1-4-28-23(25)22-18(17-10-6-8-12-21(17)27-3)13-15(14-19(22)24)16-9-5-7-11-20(16)26-2/h5-12,14,18,22H,4,13H2,1-3H3/t18-,22+/m0/s1. The molecule has 5 nitrogen and oxygen atoms in total. The highest BCUT2D eigenvalue weighted by atomic mass is 16.5. The minimum Gasteiger partial charge on any atom is -0.496 e. The number of allylic oxidation sites excluding steroid dienone is 2. The molecule has 0 heterocycles. The van der Waals surface area contributed by atoms with Crippen LogP contribution < -0.4 is 9.47 Å². The lowest BCUT2D eigenvalue weighted by Gasteiger charge is -2.30. The molecule has 0 N–H and O–H groups in total.